The van der Waals surface area contributed by atoms with E-state index < -0.39 is 8.07 Å². The zero-order valence-corrected chi connectivity index (χ0v) is 13.1. The summed E-state index contributed by atoms with van der Waals surface area (Å²) >= 11 is 0. The highest BCUT2D eigenvalue weighted by Gasteiger charge is 2.20. The normalized spacial score (nSPS) is 11.9. The summed E-state index contributed by atoms with van der Waals surface area (Å²) in [6.45, 7) is 7.04. The Morgan fingerprint density at radius 3 is 2.21 bits per heavy atom. The third-order valence-corrected chi connectivity index (χ3v) is 6.82. The fraction of sp³-hybridized carbons (Fsp3) is 0.222. The highest BCUT2D eigenvalue weighted by atomic mass is 28.3. The molecule has 19 heavy (non-hydrogen) atoms. The van der Waals surface area contributed by atoms with Crippen molar-refractivity contribution in [1.82, 2.24) is 0 Å². The Bertz CT molecular complexity index is 553. The number of hydrogen-bond donors (Lipinski definition) is 0. The standard InChI is InChI=1S/C18H22Si/c1-16-10-7-8-11-17(16)12-9-15-19(2,3)18-13-5-4-6-14-18/h4-14H,15H2,1-3H3/b12-9+. The molecular weight excluding hydrogens is 244 g/mol. The van der Waals surface area contributed by atoms with Gasteiger partial charge < -0.3 is 0 Å². The number of hydrogen-bond acceptors (Lipinski definition) is 0. The van der Waals surface area contributed by atoms with Crippen molar-refractivity contribution in [1.29, 1.82) is 0 Å². The second kappa shape index (κ2) is 6.03. The minimum Gasteiger partial charge on any atom is -0.0863 e. The van der Waals surface area contributed by atoms with Crippen molar-refractivity contribution in [3.63, 3.8) is 0 Å². The molecule has 0 bridgehead atoms. The van der Waals surface area contributed by atoms with Crippen LogP contribution in [0.25, 0.3) is 6.08 Å². The molecule has 0 aliphatic heterocycles. The molecule has 0 saturated heterocycles. The van der Waals surface area contributed by atoms with E-state index >= 15 is 0 Å². The maximum absolute atomic E-state index is 2.44. The molecule has 0 fully saturated rings. The van der Waals surface area contributed by atoms with Crippen molar-refractivity contribution in [2.45, 2.75) is 26.1 Å². The third kappa shape index (κ3) is 3.68. The Morgan fingerprint density at radius 1 is 0.895 bits per heavy atom. The SMILES string of the molecule is Cc1ccccc1/C=C/C[Si](C)(C)c1ccccc1. The first-order valence-corrected chi connectivity index (χ1v) is 10.1. The Kier molecular flexibility index (Phi) is 4.38. The molecule has 98 valence electrons. The van der Waals surface area contributed by atoms with Crippen LogP contribution in [0, 0.1) is 6.92 Å². The molecule has 0 aliphatic carbocycles. The fourth-order valence-corrected chi connectivity index (χ4v) is 4.30. The lowest BCUT2D eigenvalue weighted by Crippen LogP contribution is -2.40. The number of allylic oxidation sites excluding steroid dienone is 1. The summed E-state index contributed by atoms with van der Waals surface area (Å²) in [5, 5.41) is 1.53. The summed E-state index contributed by atoms with van der Waals surface area (Å²) in [6, 6.07) is 20.7. The number of rotatable bonds is 4. The molecular formula is C18H22Si. The molecule has 0 aliphatic rings. The lowest BCUT2D eigenvalue weighted by molar-refractivity contribution is 1.44. The van der Waals surface area contributed by atoms with Crippen molar-refractivity contribution >= 4 is 19.3 Å². The maximum atomic E-state index is 2.44. The van der Waals surface area contributed by atoms with Gasteiger partial charge in [-0.2, -0.15) is 0 Å². The van der Waals surface area contributed by atoms with Crippen LogP contribution in [-0.4, -0.2) is 8.07 Å². The summed E-state index contributed by atoms with van der Waals surface area (Å²) in [5.41, 5.74) is 2.68. The monoisotopic (exact) mass is 266 g/mol. The molecule has 0 heterocycles. The Morgan fingerprint density at radius 2 is 1.53 bits per heavy atom. The van der Waals surface area contributed by atoms with Crippen molar-refractivity contribution < 1.29 is 0 Å². The van der Waals surface area contributed by atoms with Gasteiger partial charge in [-0.3, -0.25) is 0 Å². The van der Waals surface area contributed by atoms with Crippen LogP contribution >= 0.6 is 0 Å². The zero-order valence-electron chi connectivity index (χ0n) is 12.1. The summed E-state index contributed by atoms with van der Waals surface area (Å²) in [5.74, 6) is 0. The predicted octanol–water partition coefficient (Wildman–Crippen LogP) is 4.62. The van der Waals surface area contributed by atoms with E-state index in [9.17, 15) is 0 Å². The molecule has 2 aromatic rings. The van der Waals surface area contributed by atoms with Gasteiger partial charge in [-0.05, 0) is 24.1 Å². The van der Waals surface area contributed by atoms with Gasteiger partial charge in [-0.1, -0.05) is 85.0 Å². The van der Waals surface area contributed by atoms with Crippen LogP contribution < -0.4 is 5.19 Å². The van der Waals surface area contributed by atoms with Crippen LogP contribution in [0.4, 0.5) is 0 Å². The molecule has 0 N–H and O–H groups in total. The zero-order chi connectivity index (χ0) is 13.7. The Labute approximate surface area is 117 Å². The molecule has 1 heteroatoms. The van der Waals surface area contributed by atoms with Gasteiger partial charge in [0.25, 0.3) is 0 Å². The highest BCUT2D eigenvalue weighted by molar-refractivity contribution is 6.90. The van der Waals surface area contributed by atoms with Gasteiger partial charge >= 0.3 is 0 Å². The van der Waals surface area contributed by atoms with Crippen molar-refractivity contribution in [3.05, 3.63) is 71.8 Å². The average molecular weight is 266 g/mol. The molecule has 0 unspecified atom stereocenters. The van der Waals surface area contributed by atoms with Gasteiger partial charge in [0, 0.05) is 0 Å². The fourth-order valence-electron chi connectivity index (χ4n) is 2.26. The molecule has 0 atom stereocenters. The molecule has 2 rings (SSSR count). The van der Waals surface area contributed by atoms with E-state index in [1.165, 1.54) is 22.4 Å². The van der Waals surface area contributed by atoms with Crippen molar-refractivity contribution in [2.24, 2.45) is 0 Å². The largest absolute Gasteiger partial charge is 0.0863 e. The van der Waals surface area contributed by atoms with Gasteiger partial charge in [0.15, 0.2) is 0 Å². The van der Waals surface area contributed by atoms with E-state index in [-0.39, 0.29) is 0 Å². The number of benzene rings is 2. The predicted molar refractivity (Wildman–Crippen MR) is 88.6 cm³/mol. The summed E-state index contributed by atoms with van der Waals surface area (Å²) in [4.78, 5) is 0. The molecule has 0 amide bonds. The highest BCUT2D eigenvalue weighted by Crippen LogP contribution is 2.14. The third-order valence-electron chi connectivity index (χ3n) is 3.67. The van der Waals surface area contributed by atoms with Crippen molar-refractivity contribution in [2.75, 3.05) is 0 Å². The van der Waals surface area contributed by atoms with Crippen LogP contribution in [-0.2, 0) is 0 Å². The summed E-state index contributed by atoms with van der Waals surface area (Å²) in [6.07, 6.45) is 4.62. The molecule has 0 saturated carbocycles. The van der Waals surface area contributed by atoms with Crippen LogP contribution in [0.1, 0.15) is 11.1 Å². The van der Waals surface area contributed by atoms with E-state index in [0.717, 1.165) is 0 Å². The minimum atomic E-state index is -1.34. The van der Waals surface area contributed by atoms with Gasteiger partial charge in [-0.15, -0.1) is 0 Å². The maximum Gasteiger partial charge on any atom is 0.0843 e. The number of aryl methyl sites for hydroxylation is 1. The van der Waals surface area contributed by atoms with Gasteiger partial charge in [0.1, 0.15) is 0 Å². The Hall–Kier alpha value is -1.60. The van der Waals surface area contributed by atoms with Crippen molar-refractivity contribution in [3.8, 4) is 0 Å². The van der Waals surface area contributed by atoms with E-state index in [2.05, 4.69) is 86.8 Å². The topological polar surface area (TPSA) is 0 Å². The van der Waals surface area contributed by atoms with Crippen LogP contribution in [0.2, 0.25) is 19.1 Å². The average Bonchev–Trinajstić information content (AvgIpc) is 2.42. The lowest BCUT2D eigenvalue weighted by Gasteiger charge is -2.21. The van der Waals surface area contributed by atoms with Crippen LogP contribution in [0.5, 0.6) is 0 Å². The van der Waals surface area contributed by atoms with Gasteiger partial charge in [0.05, 0.1) is 8.07 Å². The molecule has 0 spiro atoms. The quantitative estimate of drug-likeness (QED) is 0.708. The van der Waals surface area contributed by atoms with Crippen LogP contribution in [0.15, 0.2) is 60.7 Å². The summed E-state index contributed by atoms with van der Waals surface area (Å²) in [7, 11) is -1.34. The van der Waals surface area contributed by atoms with E-state index in [4.69, 9.17) is 0 Å². The van der Waals surface area contributed by atoms with Crippen LogP contribution in [0.3, 0.4) is 0 Å². The second-order valence-electron chi connectivity index (χ2n) is 5.71. The molecule has 0 aromatic heterocycles. The van der Waals surface area contributed by atoms with E-state index in [1.54, 1.807) is 0 Å². The van der Waals surface area contributed by atoms with E-state index in [0.29, 0.717) is 0 Å². The van der Waals surface area contributed by atoms with E-state index in [1.807, 2.05) is 0 Å². The smallest absolute Gasteiger partial charge is 0.0843 e. The summed E-state index contributed by atoms with van der Waals surface area (Å²) < 4.78 is 0. The van der Waals surface area contributed by atoms with Gasteiger partial charge in [-0.25, -0.2) is 0 Å². The van der Waals surface area contributed by atoms with Gasteiger partial charge in [0.2, 0.25) is 0 Å². The lowest BCUT2D eigenvalue weighted by atomic mass is 10.1. The molecule has 0 radical (unpaired) electrons. The molecule has 2 aromatic carbocycles. The second-order valence-corrected chi connectivity index (χ2v) is 10.5. The first kappa shape index (κ1) is 13.8. The first-order valence-electron chi connectivity index (χ1n) is 6.87. The minimum absolute atomic E-state index is 1.19. The molecule has 0 nitrogen and oxygen atoms in total. The Balaban J connectivity index is 2.08. The first-order chi connectivity index (χ1) is 9.09.